The molecule has 1 rings (SSSR count). The molecule has 0 spiro atoms. The molecule has 0 bridgehead atoms. The van der Waals surface area contributed by atoms with E-state index in [1.807, 2.05) is 0 Å². The Morgan fingerprint density at radius 3 is 2.83 bits per heavy atom. The number of halogens is 1. The summed E-state index contributed by atoms with van der Waals surface area (Å²) in [5.74, 6) is -0.556. The lowest BCUT2D eigenvalue weighted by atomic mass is 10.1. The summed E-state index contributed by atoms with van der Waals surface area (Å²) in [4.78, 5) is 11.3. The summed E-state index contributed by atoms with van der Waals surface area (Å²) in [6.07, 6.45) is -0.377. The average molecular weight is 272 g/mol. The molecule has 0 aliphatic heterocycles. The summed E-state index contributed by atoms with van der Waals surface area (Å²) in [5.41, 5.74) is 6.19. The first-order valence-electron chi connectivity index (χ1n) is 5.73. The van der Waals surface area contributed by atoms with Gasteiger partial charge in [-0.25, -0.2) is 0 Å². The lowest BCUT2D eigenvalue weighted by Crippen LogP contribution is -2.29. The molecule has 100 valence electrons. The summed E-state index contributed by atoms with van der Waals surface area (Å²) in [6, 6.07) is 5.12. The molecule has 0 saturated carbocycles. The Morgan fingerprint density at radius 2 is 2.22 bits per heavy atom. The van der Waals surface area contributed by atoms with Crippen molar-refractivity contribution in [3.8, 4) is 0 Å². The molecular formula is C12H18ClN3O2. The zero-order valence-corrected chi connectivity index (χ0v) is 11.0. The fraction of sp³-hybridized carbons (Fsp3) is 0.417. The van der Waals surface area contributed by atoms with Gasteiger partial charge in [-0.1, -0.05) is 17.7 Å². The van der Waals surface area contributed by atoms with E-state index in [1.165, 1.54) is 0 Å². The second-order valence-corrected chi connectivity index (χ2v) is 4.41. The zero-order chi connectivity index (χ0) is 13.5. The van der Waals surface area contributed by atoms with E-state index in [-0.39, 0.29) is 6.10 Å². The Morgan fingerprint density at radius 1 is 1.50 bits per heavy atom. The van der Waals surface area contributed by atoms with Crippen LogP contribution in [0.5, 0.6) is 0 Å². The first-order valence-corrected chi connectivity index (χ1v) is 6.11. The molecule has 5 N–H and O–H groups in total. The number of carbonyl (C=O) groups excluding carboxylic acids is 1. The van der Waals surface area contributed by atoms with Gasteiger partial charge in [-0.3, -0.25) is 4.79 Å². The first-order chi connectivity index (χ1) is 8.52. The monoisotopic (exact) mass is 271 g/mol. The largest absolute Gasteiger partial charge is 0.392 e. The summed E-state index contributed by atoms with van der Waals surface area (Å²) in [6.45, 7) is 3.51. The van der Waals surface area contributed by atoms with E-state index in [4.69, 9.17) is 22.4 Å². The van der Waals surface area contributed by atoms with Gasteiger partial charge in [0, 0.05) is 25.3 Å². The summed E-state index contributed by atoms with van der Waals surface area (Å²) in [7, 11) is 0. The van der Waals surface area contributed by atoms with Gasteiger partial charge in [-0.2, -0.15) is 0 Å². The van der Waals surface area contributed by atoms with Gasteiger partial charge in [0.25, 0.3) is 5.91 Å². The molecule has 0 aliphatic rings. The first kappa shape index (κ1) is 14.8. The van der Waals surface area contributed by atoms with Crippen LogP contribution in [0.3, 0.4) is 0 Å². The van der Waals surface area contributed by atoms with Crippen molar-refractivity contribution in [2.24, 2.45) is 5.73 Å². The minimum absolute atomic E-state index is 0.301. The smallest absolute Gasteiger partial charge is 0.252 e. The number of carbonyl (C=O) groups is 1. The van der Waals surface area contributed by atoms with Crippen molar-refractivity contribution in [2.45, 2.75) is 13.0 Å². The highest BCUT2D eigenvalue weighted by atomic mass is 35.5. The van der Waals surface area contributed by atoms with E-state index in [2.05, 4.69) is 10.6 Å². The van der Waals surface area contributed by atoms with Crippen LogP contribution in [0.2, 0.25) is 5.02 Å². The molecule has 0 saturated heterocycles. The van der Waals surface area contributed by atoms with Crippen LogP contribution in [0.1, 0.15) is 17.3 Å². The Kier molecular flexibility index (Phi) is 5.91. The van der Waals surface area contributed by atoms with Crippen molar-refractivity contribution in [1.29, 1.82) is 0 Å². The number of aliphatic hydroxyl groups excluding tert-OH is 1. The van der Waals surface area contributed by atoms with Crippen LogP contribution >= 0.6 is 11.6 Å². The summed E-state index contributed by atoms with van der Waals surface area (Å²) >= 11 is 5.92. The maximum atomic E-state index is 11.3. The van der Waals surface area contributed by atoms with E-state index in [0.717, 1.165) is 0 Å². The maximum absolute atomic E-state index is 11.3. The third kappa shape index (κ3) is 4.52. The molecule has 18 heavy (non-hydrogen) atoms. The van der Waals surface area contributed by atoms with Gasteiger partial charge in [0.05, 0.1) is 16.7 Å². The van der Waals surface area contributed by atoms with E-state index < -0.39 is 5.91 Å². The van der Waals surface area contributed by atoms with Crippen molar-refractivity contribution in [2.75, 3.05) is 25.0 Å². The molecule has 5 nitrogen and oxygen atoms in total. The van der Waals surface area contributed by atoms with Crippen LogP contribution in [0, 0.1) is 0 Å². The lowest BCUT2D eigenvalue weighted by Gasteiger charge is -2.12. The van der Waals surface area contributed by atoms with Gasteiger partial charge in [0.1, 0.15) is 0 Å². The second-order valence-electron chi connectivity index (χ2n) is 4.01. The third-order valence-electron chi connectivity index (χ3n) is 2.32. The SMILES string of the molecule is CC(O)CNCCNc1cccc(Cl)c1C(N)=O. The van der Waals surface area contributed by atoms with E-state index in [9.17, 15) is 4.79 Å². The van der Waals surface area contributed by atoms with Gasteiger partial charge in [0.2, 0.25) is 0 Å². The number of amides is 1. The number of anilines is 1. The lowest BCUT2D eigenvalue weighted by molar-refractivity contribution is 0.100. The van der Waals surface area contributed by atoms with Gasteiger partial charge in [-0.15, -0.1) is 0 Å². The molecule has 0 radical (unpaired) electrons. The van der Waals surface area contributed by atoms with E-state index in [1.54, 1.807) is 25.1 Å². The van der Waals surface area contributed by atoms with Crippen LogP contribution in [-0.2, 0) is 0 Å². The number of benzene rings is 1. The van der Waals surface area contributed by atoms with Crippen LogP contribution in [0.4, 0.5) is 5.69 Å². The Balaban J connectivity index is 2.52. The van der Waals surface area contributed by atoms with Gasteiger partial charge < -0.3 is 21.5 Å². The van der Waals surface area contributed by atoms with Gasteiger partial charge in [0.15, 0.2) is 0 Å². The van der Waals surface area contributed by atoms with Crippen LogP contribution < -0.4 is 16.4 Å². The molecule has 1 unspecified atom stereocenters. The van der Waals surface area contributed by atoms with E-state index >= 15 is 0 Å². The number of nitrogens with one attached hydrogen (secondary N) is 2. The Bertz CT molecular complexity index is 410. The fourth-order valence-electron chi connectivity index (χ4n) is 1.52. The minimum Gasteiger partial charge on any atom is -0.392 e. The molecular weight excluding hydrogens is 254 g/mol. The normalized spacial score (nSPS) is 12.2. The zero-order valence-electron chi connectivity index (χ0n) is 10.2. The molecule has 1 aromatic carbocycles. The molecule has 0 aromatic heterocycles. The van der Waals surface area contributed by atoms with E-state index in [0.29, 0.717) is 35.9 Å². The third-order valence-corrected chi connectivity index (χ3v) is 2.63. The van der Waals surface area contributed by atoms with Crippen molar-refractivity contribution in [3.63, 3.8) is 0 Å². The molecule has 1 amide bonds. The fourth-order valence-corrected chi connectivity index (χ4v) is 1.79. The molecule has 0 fully saturated rings. The predicted molar refractivity (Wildman–Crippen MR) is 73.0 cm³/mol. The molecule has 1 aromatic rings. The van der Waals surface area contributed by atoms with Crippen LogP contribution in [0.25, 0.3) is 0 Å². The van der Waals surface area contributed by atoms with Crippen molar-refractivity contribution >= 4 is 23.2 Å². The predicted octanol–water partition coefficient (Wildman–Crippen LogP) is 0.821. The standard InChI is InChI=1S/C12H18ClN3O2/c1-8(17)7-15-5-6-16-10-4-2-3-9(13)11(10)12(14)18/h2-4,8,15-17H,5-7H2,1H3,(H2,14,18). The number of rotatable bonds is 7. The topological polar surface area (TPSA) is 87.4 Å². The van der Waals surface area contributed by atoms with Gasteiger partial charge in [-0.05, 0) is 19.1 Å². The van der Waals surface area contributed by atoms with Crippen molar-refractivity contribution < 1.29 is 9.90 Å². The minimum atomic E-state index is -0.556. The molecule has 0 heterocycles. The highest BCUT2D eigenvalue weighted by Crippen LogP contribution is 2.23. The second kappa shape index (κ2) is 7.20. The maximum Gasteiger partial charge on any atom is 0.252 e. The Labute approximate surface area is 111 Å². The Hall–Kier alpha value is -1.30. The summed E-state index contributed by atoms with van der Waals surface area (Å²) in [5, 5.41) is 15.5. The van der Waals surface area contributed by atoms with Crippen LogP contribution in [0.15, 0.2) is 18.2 Å². The number of nitrogens with two attached hydrogens (primary N) is 1. The van der Waals surface area contributed by atoms with Gasteiger partial charge >= 0.3 is 0 Å². The number of hydrogen-bond acceptors (Lipinski definition) is 4. The highest BCUT2D eigenvalue weighted by molar-refractivity contribution is 6.34. The molecule has 1 atom stereocenters. The molecule has 6 heteroatoms. The molecule has 0 aliphatic carbocycles. The summed E-state index contributed by atoms with van der Waals surface area (Å²) < 4.78 is 0. The quantitative estimate of drug-likeness (QED) is 0.553. The number of hydrogen-bond donors (Lipinski definition) is 4. The van der Waals surface area contributed by atoms with Crippen molar-refractivity contribution in [1.82, 2.24) is 5.32 Å². The van der Waals surface area contributed by atoms with Crippen molar-refractivity contribution in [3.05, 3.63) is 28.8 Å². The number of primary amides is 1. The number of aliphatic hydroxyl groups is 1. The van der Waals surface area contributed by atoms with Crippen LogP contribution in [-0.4, -0.2) is 36.8 Å². The average Bonchev–Trinajstić information content (AvgIpc) is 2.27. The highest BCUT2D eigenvalue weighted by Gasteiger charge is 2.11.